The lowest BCUT2D eigenvalue weighted by Gasteiger charge is -2.65. The number of amides is 1. The SMILES string of the molecule is CC1(C)C(=O)N(C2C3CC4CC(C3)CC2C4)N1Cc1ccc2ccccc2c1. The highest BCUT2D eigenvalue weighted by atomic mass is 16.2. The second-order valence-electron chi connectivity index (χ2n) is 10.4. The molecule has 5 aliphatic rings. The molecule has 0 radical (unpaired) electrons. The molecule has 3 heteroatoms. The van der Waals surface area contributed by atoms with E-state index in [4.69, 9.17) is 0 Å². The van der Waals surface area contributed by atoms with Crippen molar-refractivity contribution in [2.75, 3.05) is 0 Å². The molecule has 4 saturated carbocycles. The van der Waals surface area contributed by atoms with Gasteiger partial charge in [0, 0.05) is 6.54 Å². The van der Waals surface area contributed by atoms with E-state index in [2.05, 4.69) is 66.3 Å². The predicted molar refractivity (Wildman–Crippen MR) is 111 cm³/mol. The summed E-state index contributed by atoms with van der Waals surface area (Å²) in [4.78, 5) is 13.2. The van der Waals surface area contributed by atoms with E-state index in [9.17, 15) is 4.79 Å². The standard InChI is InChI=1S/C25H30N2O/c1-25(2)24(28)27(23-21-11-17-9-18(13-21)14-22(23)12-17)26(25)15-16-7-8-19-5-3-4-6-20(19)10-16/h3-8,10,17-18,21-23H,9,11-15H2,1-2H3. The maximum atomic E-state index is 13.2. The Bertz CT molecular complexity index is 920. The second-order valence-corrected chi connectivity index (χ2v) is 10.4. The molecule has 146 valence electrons. The monoisotopic (exact) mass is 374 g/mol. The van der Waals surface area contributed by atoms with Crippen LogP contribution >= 0.6 is 0 Å². The number of carbonyl (C=O) groups excluding carboxylic acids is 1. The summed E-state index contributed by atoms with van der Waals surface area (Å²) in [7, 11) is 0. The minimum absolute atomic E-state index is 0.339. The predicted octanol–water partition coefficient (Wildman–Crippen LogP) is 5.00. The lowest BCUT2D eigenvalue weighted by atomic mass is 9.53. The lowest BCUT2D eigenvalue weighted by molar-refractivity contribution is -0.251. The topological polar surface area (TPSA) is 23.6 Å². The molecular weight excluding hydrogens is 344 g/mol. The van der Waals surface area contributed by atoms with Crippen LogP contribution < -0.4 is 0 Å². The summed E-state index contributed by atoms with van der Waals surface area (Å²) in [5.74, 6) is 3.69. The van der Waals surface area contributed by atoms with Crippen molar-refractivity contribution in [1.29, 1.82) is 0 Å². The molecule has 4 aliphatic carbocycles. The molecule has 1 amide bonds. The summed E-state index contributed by atoms with van der Waals surface area (Å²) in [6.07, 6.45) is 6.87. The summed E-state index contributed by atoms with van der Waals surface area (Å²) in [5.41, 5.74) is 0.911. The van der Waals surface area contributed by atoms with Gasteiger partial charge in [-0.25, -0.2) is 0 Å². The second kappa shape index (κ2) is 5.82. The van der Waals surface area contributed by atoms with Gasteiger partial charge in [-0.2, -0.15) is 5.01 Å². The van der Waals surface area contributed by atoms with Gasteiger partial charge in [0.2, 0.25) is 0 Å². The van der Waals surface area contributed by atoms with E-state index in [1.165, 1.54) is 48.4 Å². The molecule has 5 fully saturated rings. The molecule has 1 saturated heterocycles. The van der Waals surface area contributed by atoms with E-state index < -0.39 is 0 Å². The summed E-state index contributed by atoms with van der Waals surface area (Å²) < 4.78 is 0. The molecule has 3 nitrogen and oxygen atoms in total. The van der Waals surface area contributed by atoms with E-state index in [0.29, 0.717) is 11.9 Å². The number of nitrogens with zero attached hydrogens (tertiary/aromatic N) is 2. The van der Waals surface area contributed by atoms with Crippen LogP contribution in [0.15, 0.2) is 42.5 Å². The van der Waals surface area contributed by atoms with Gasteiger partial charge in [0.15, 0.2) is 0 Å². The molecular formula is C25H30N2O. The summed E-state index contributed by atoms with van der Waals surface area (Å²) in [5, 5.41) is 7.16. The fourth-order valence-corrected chi connectivity index (χ4v) is 7.10. The van der Waals surface area contributed by atoms with Crippen LogP contribution in [-0.4, -0.2) is 27.5 Å². The first-order chi connectivity index (χ1) is 13.5. The molecule has 0 aromatic heterocycles. The third kappa shape index (κ3) is 2.35. The van der Waals surface area contributed by atoms with Crippen molar-refractivity contribution in [3.8, 4) is 0 Å². The highest BCUT2D eigenvalue weighted by Gasteiger charge is 2.60. The van der Waals surface area contributed by atoms with Crippen LogP contribution in [0.4, 0.5) is 0 Å². The highest BCUT2D eigenvalue weighted by Crippen LogP contribution is 2.57. The third-order valence-electron chi connectivity index (χ3n) is 8.24. The largest absolute Gasteiger partial charge is 0.271 e. The van der Waals surface area contributed by atoms with E-state index in [-0.39, 0.29) is 5.54 Å². The van der Waals surface area contributed by atoms with E-state index in [1.54, 1.807) is 0 Å². The molecule has 1 heterocycles. The van der Waals surface area contributed by atoms with Crippen molar-refractivity contribution in [2.45, 2.75) is 64.1 Å². The fraction of sp³-hybridized carbons (Fsp3) is 0.560. The highest BCUT2D eigenvalue weighted by molar-refractivity contribution is 5.90. The average molecular weight is 375 g/mol. The van der Waals surface area contributed by atoms with Gasteiger partial charge in [-0.1, -0.05) is 36.4 Å². The number of hydrogen-bond acceptors (Lipinski definition) is 2. The normalized spacial score (nSPS) is 36.1. The third-order valence-corrected chi connectivity index (χ3v) is 8.24. The Labute approximate surface area is 167 Å². The number of hydrazine groups is 1. The Morgan fingerprint density at radius 2 is 1.54 bits per heavy atom. The van der Waals surface area contributed by atoms with Crippen LogP contribution in [0.3, 0.4) is 0 Å². The first-order valence-electron chi connectivity index (χ1n) is 11.1. The van der Waals surface area contributed by atoms with Crippen molar-refractivity contribution in [1.82, 2.24) is 10.0 Å². The first kappa shape index (κ1) is 17.0. The number of rotatable bonds is 3. The number of carbonyl (C=O) groups is 1. The number of hydrogen-bond donors (Lipinski definition) is 0. The van der Waals surface area contributed by atoms with Crippen molar-refractivity contribution < 1.29 is 4.79 Å². The lowest BCUT2D eigenvalue weighted by Crippen LogP contribution is -2.79. The van der Waals surface area contributed by atoms with Crippen molar-refractivity contribution in [2.24, 2.45) is 23.7 Å². The van der Waals surface area contributed by atoms with Crippen LogP contribution in [0.2, 0.25) is 0 Å². The molecule has 4 bridgehead atoms. The van der Waals surface area contributed by atoms with Crippen LogP contribution in [0.5, 0.6) is 0 Å². The zero-order valence-electron chi connectivity index (χ0n) is 17.0. The van der Waals surface area contributed by atoms with Gasteiger partial charge in [0.1, 0.15) is 5.54 Å². The fourth-order valence-electron chi connectivity index (χ4n) is 7.10. The first-order valence-corrected chi connectivity index (χ1v) is 11.1. The number of benzene rings is 2. The molecule has 0 N–H and O–H groups in total. The van der Waals surface area contributed by atoms with Crippen molar-refractivity contribution in [3.63, 3.8) is 0 Å². The minimum atomic E-state index is -0.389. The Morgan fingerprint density at radius 1 is 0.893 bits per heavy atom. The van der Waals surface area contributed by atoms with Crippen LogP contribution in [-0.2, 0) is 11.3 Å². The van der Waals surface area contributed by atoms with Gasteiger partial charge >= 0.3 is 0 Å². The molecule has 0 spiro atoms. The van der Waals surface area contributed by atoms with Crippen molar-refractivity contribution >= 4 is 16.7 Å². The van der Waals surface area contributed by atoms with Gasteiger partial charge < -0.3 is 0 Å². The van der Waals surface area contributed by atoms with Crippen LogP contribution in [0, 0.1) is 23.7 Å². The molecule has 0 unspecified atom stereocenters. The zero-order chi connectivity index (χ0) is 19.0. The molecule has 7 rings (SSSR count). The average Bonchev–Trinajstić information content (AvgIpc) is 2.68. The molecule has 0 atom stereocenters. The summed E-state index contributed by atoms with van der Waals surface area (Å²) in [6, 6.07) is 15.7. The van der Waals surface area contributed by atoms with E-state index in [0.717, 1.165) is 30.2 Å². The van der Waals surface area contributed by atoms with Crippen LogP contribution in [0.1, 0.15) is 51.5 Å². The minimum Gasteiger partial charge on any atom is -0.271 e. The maximum Gasteiger partial charge on any atom is 0.258 e. The Morgan fingerprint density at radius 3 is 2.21 bits per heavy atom. The van der Waals surface area contributed by atoms with Gasteiger partial charge in [-0.15, -0.1) is 0 Å². The maximum absolute atomic E-state index is 13.2. The van der Waals surface area contributed by atoms with Gasteiger partial charge in [-0.3, -0.25) is 9.80 Å². The Hall–Kier alpha value is -1.87. The van der Waals surface area contributed by atoms with Crippen molar-refractivity contribution in [3.05, 3.63) is 48.0 Å². The van der Waals surface area contributed by atoms with Crippen LogP contribution in [0.25, 0.3) is 10.8 Å². The van der Waals surface area contributed by atoms with Gasteiger partial charge in [0.25, 0.3) is 5.91 Å². The molecule has 1 aliphatic heterocycles. The quantitative estimate of drug-likeness (QED) is 0.755. The smallest absolute Gasteiger partial charge is 0.258 e. The van der Waals surface area contributed by atoms with Gasteiger partial charge in [-0.05, 0) is 92.0 Å². The molecule has 28 heavy (non-hydrogen) atoms. The van der Waals surface area contributed by atoms with Gasteiger partial charge in [0.05, 0.1) is 6.04 Å². The number of fused-ring (bicyclic) bond motifs is 1. The zero-order valence-corrected chi connectivity index (χ0v) is 17.0. The Balaban J connectivity index is 1.30. The van der Waals surface area contributed by atoms with E-state index in [1.807, 2.05) is 0 Å². The summed E-state index contributed by atoms with van der Waals surface area (Å²) >= 11 is 0. The summed E-state index contributed by atoms with van der Waals surface area (Å²) in [6.45, 7) is 5.03. The Kier molecular flexibility index (Phi) is 3.54. The molecule has 2 aromatic carbocycles. The molecule has 2 aromatic rings. The van der Waals surface area contributed by atoms with E-state index >= 15 is 0 Å².